The third kappa shape index (κ3) is 2.84. The fourth-order valence-electron chi connectivity index (χ4n) is 3.35. The van der Waals surface area contributed by atoms with Crippen LogP contribution in [0.15, 0.2) is 52.8 Å². The Morgan fingerprint density at radius 2 is 1.71 bits per heavy atom. The summed E-state index contributed by atoms with van der Waals surface area (Å²) in [5.74, 6) is -0.330. The molecular formula is C19H17FN4O4. The third-order valence-electron chi connectivity index (χ3n) is 4.74. The summed E-state index contributed by atoms with van der Waals surface area (Å²) in [6.07, 6.45) is 0. The lowest BCUT2D eigenvalue weighted by Gasteiger charge is -2.21. The molecule has 2 aromatic carbocycles. The van der Waals surface area contributed by atoms with Crippen molar-refractivity contribution in [1.82, 2.24) is 5.01 Å². The highest BCUT2D eigenvalue weighted by Gasteiger charge is 2.54. The van der Waals surface area contributed by atoms with Gasteiger partial charge in [0.25, 0.3) is 11.8 Å². The standard InChI is InChI=1S/C19H17FN4O4/c1-27-14-8-7-13(9-15(14)28-2)24-18(25)16-17(19(24)26)23(22-21-16)10-11-3-5-12(20)6-4-11/h3-9,16-17H,10H2,1-2H3/t16-,17-/m0/s1. The van der Waals surface area contributed by atoms with Crippen LogP contribution in [0, 0.1) is 5.82 Å². The number of amides is 2. The molecular weight excluding hydrogens is 367 g/mol. The van der Waals surface area contributed by atoms with Crippen molar-refractivity contribution in [3.63, 3.8) is 0 Å². The molecule has 2 aliphatic rings. The van der Waals surface area contributed by atoms with Crippen molar-refractivity contribution in [1.29, 1.82) is 0 Å². The van der Waals surface area contributed by atoms with Crippen LogP contribution in [0.25, 0.3) is 0 Å². The second-order valence-corrected chi connectivity index (χ2v) is 6.37. The summed E-state index contributed by atoms with van der Waals surface area (Å²) in [5, 5.41) is 9.42. The van der Waals surface area contributed by atoms with E-state index < -0.39 is 23.9 Å². The van der Waals surface area contributed by atoms with Crippen molar-refractivity contribution in [3.8, 4) is 11.5 Å². The normalized spacial score (nSPS) is 20.7. The van der Waals surface area contributed by atoms with Crippen molar-refractivity contribution in [3.05, 3.63) is 53.8 Å². The van der Waals surface area contributed by atoms with Crippen LogP contribution in [-0.4, -0.2) is 43.1 Å². The van der Waals surface area contributed by atoms with Crippen LogP contribution < -0.4 is 14.4 Å². The average Bonchev–Trinajstić information content (AvgIpc) is 3.23. The summed E-state index contributed by atoms with van der Waals surface area (Å²) in [5.41, 5.74) is 1.13. The molecule has 8 nitrogen and oxygen atoms in total. The first kappa shape index (κ1) is 17.9. The van der Waals surface area contributed by atoms with Gasteiger partial charge in [0.15, 0.2) is 23.6 Å². The molecule has 0 bridgehead atoms. The zero-order chi connectivity index (χ0) is 19.8. The Balaban J connectivity index is 1.60. The number of rotatable bonds is 5. The van der Waals surface area contributed by atoms with Crippen molar-refractivity contribution < 1.29 is 23.5 Å². The molecule has 1 fully saturated rings. The molecule has 9 heteroatoms. The van der Waals surface area contributed by atoms with E-state index in [1.54, 1.807) is 30.3 Å². The van der Waals surface area contributed by atoms with E-state index in [1.165, 1.54) is 31.4 Å². The van der Waals surface area contributed by atoms with Crippen molar-refractivity contribution >= 4 is 17.5 Å². The maximum absolute atomic E-state index is 13.1. The van der Waals surface area contributed by atoms with Gasteiger partial charge >= 0.3 is 0 Å². The summed E-state index contributed by atoms with van der Waals surface area (Å²) < 4.78 is 23.5. The minimum Gasteiger partial charge on any atom is -0.493 e. The zero-order valence-electron chi connectivity index (χ0n) is 15.2. The minimum absolute atomic E-state index is 0.240. The first-order chi connectivity index (χ1) is 13.5. The van der Waals surface area contributed by atoms with E-state index in [9.17, 15) is 14.0 Å². The second kappa shape index (κ2) is 6.91. The number of hydrogen-bond donors (Lipinski definition) is 0. The zero-order valence-corrected chi connectivity index (χ0v) is 15.2. The largest absolute Gasteiger partial charge is 0.493 e. The first-order valence-electron chi connectivity index (χ1n) is 8.55. The van der Waals surface area contributed by atoms with E-state index in [-0.39, 0.29) is 12.4 Å². The quantitative estimate of drug-likeness (QED) is 0.739. The van der Waals surface area contributed by atoms with Gasteiger partial charge in [0.05, 0.1) is 26.5 Å². The fourth-order valence-corrected chi connectivity index (χ4v) is 3.35. The smallest absolute Gasteiger partial charge is 0.263 e. The number of anilines is 1. The van der Waals surface area contributed by atoms with E-state index in [2.05, 4.69) is 10.3 Å². The molecule has 2 amide bonds. The Kier molecular flexibility index (Phi) is 4.42. The maximum atomic E-state index is 13.1. The number of benzene rings is 2. The molecule has 0 unspecified atom stereocenters. The van der Waals surface area contributed by atoms with Gasteiger partial charge in [-0.15, -0.1) is 0 Å². The minimum atomic E-state index is -0.902. The molecule has 0 radical (unpaired) electrons. The van der Waals surface area contributed by atoms with Gasteiger partial charge in [0, 0.05) is 6.07 Å². The van der Waals surface area contributed by atoms with E-state index in [4.69, 9.17) is 9.47 Å². The van der Waals surface area contributed by atoms with Gasteiger partial charge in [0.2, 0.25) is 0 Å². The Bertz CT molecular complexity index is 963. The molecule has 2 aromatic rings. The summed E-state index contributed by atoms with van der Waals surface area (Å²) in [6, 6.07) is 8.94. The lowest BCUT2D eigenvalue weighted by Crippen LogP contribution is -2.39. The number of imide groups is 1. The molecule has 0 aromatic heterocycles. The molecule has 0 saturated carbocycles. The van der Waals surface area contributed by atoms with Crippen molar-refractivity contribution in [2.45, 2.75) is 18.6 Å². The van der Waals surface area contributed by atoms with Crippen LogP contribution in [0.4, 0.5) is 10.1 Å². The number of halogens is 1. The highest BCUT2D eigenvalue weighted by molar-refractivity contribution is 6.25. The van der Waals surface area contributed by atoms with Gasteiger partial charge in [-0.2, -0.15) is 5.11 Å². The summed E-state index contributed by atoms with van der Waals surface area (Å²) in [4.78, 5) is 26.9. The molecule has 2 heterocycles. The first-order valence-corrected chi connectivity index (χ1v) is 8.55. The van der Waals surface area contributed by atoms with Crippen molar-refractivity contribution in [2.75, 3.05) is 19.1 Å². The highest BCUT2D eigenvalue weighted by Crippen LogP contribution is 2.36. The van der Waals surface area contributed by atoms with E-state index in [0.29, 0.717) is 17.2 Å². The molecule has 2 atom stereocenters. The van der Waals surface area contributed by atoms with Crippen LogP contribution in [0.2, 0.25) is 0 Å². The molecule has 144 valence electrons. The molecule has 0 N–H and O–H groups in total. The topological polar surface area (TPSA) is 83.8 Å². The third-order valence-corrected chi connectivity index (χ3v) is 4.74. The Hall–Kier alpha value is -3.49. The number of carbonyl (C=O) groups excluding carboxylic acids is 2. The maximum Gasteiger partial charge on any atom is 0.263 e. The molecule has 0 spiro atoms. The molecule has 4 rings (SSSR count). The van der Waals surface area contributed by atoms with Crippen LogP contribution in [0.5, 0.6) is 11.5 Å². The SMILES string of the molecule is COc1ccc(N2C(=O)[C@H]3N=NN(Cc4ccc(F)cc4)[C@@H]3C2=O)cc1OC. The van der Waals surface area contributed by atoms with E-state index in [0.717, 1.165) is 10.5 Å². The molecule has 1 saturated heterocycles. The predicted molar refractivity (Wildman–Crippen MR) is 96.4 cm³/mol. The molecule has 2 aliphatic heterocycles. The number of nitrogens with zero attached hydrogens (tertiary/aromatic N) is 4. The number of carbonyl (C=O) groups is 2. The van der Waals surface area contributed by atoms with Gasteiger partial charge in [-0.05, 0) is 29.8 Å². The number of hydrogen-bond acceptors (Lipinski definition) is 7. The summed E-state index contributed by atoms with van der Waals surface area (Å²) in [6.45, 7) is 0.240. The fraction of sp³-hybridized carbons (Fsp3) is 0.263. The Labute approximate surface area is 160 Å². The summed E-state index contributed by atoms with van der Waals surface area (Å²) >= 11 is 0. The van der Waals surface area contributed by atoms with Crippen LogP contribution >= 0.6 is 0 Å². The van der Waals surface area contributed by atoms with Crippen LogP contribution in [-0.2, 0) is 16.1 Å². The Morgan fingerprint density at radius 3 is 2.39 bits per heavy atom. The molecule has 28 heavy (non-hydrogen) atoms. The lowest BCUT2D eigenvalue weighted by molar-refractivity contribution is -0.123. The average molecular weight is 384 g/mol. The van der Waals surface area contributed by atoms with E-state index in [1.807, 2.05) is 0 Å². The highest BCUT2D eigenvalue weighted by atomic mass is 19.1. The van der Waals surface area contributed by atoms with Gasteiger partial charge in [0.1, 0.15) is 5.82 Å². The van der Waals surface area contributed by atoms with Crippen LogP contribution in [0.3, 0.4) is 0 Å². The van der Waals surface area contributed by atoms with Gasteiger partial charge < -0.3 is 9.47 Å². The van der Waals surface area contributed by atoms with E-state index >= 15 is 0 Å². The Morgan fingerprint density at radius 1 is 1.00 bits per heavy atom. The van der Waals surface area contributed by atoms with Crippen molar-refractivity contribution in [2.24, 2.45) is 10.3 Å². The second-order valence-electron chi connectivity index (χ2n) is 6.37. The monoisotopic (exact) mass is 384 g/mol. The number of methoxy groups -OCH3 is 2. The van der Waals surface area contributed by atoms with Gasteiger partial charge in [-0.3, -0.25) is 14.6 Å². The van der Waals surface area contributed by atoms with Gasteiger partial charge in [-0.1, -0.05) is 17.4 Å². The number of ether oxygens (including phenoxy) is 2. The number of fused-ring (bicyclic) bond motifs is 1. The van der Waals surface area contributed by atoms with Gasteiger partial charge in [-0.25, -0.2) is 9.29 Å². The molecule has 0 aliphatic carbocycles. The predicted octanol–water partition coefficient (Wildman–Crippen LogP) is 2.34. The summed E-state index contributed by atoms with van der Waals surface area (Å²) in [7, 11) is 2.98. The lowest BCUT2D eigenvalue weighted by atomic mass is 10.1. The van der Waals surface area contributed by atoms with Crippen LogP contribution in [0.1, 0.15) is 5.56 Å².